The molecule has 0 saturated carbocycles. The summed E-state index contributed by atoms with van der Waals surface area (Å²) in [5.41, 5.74) is 2.09. The van der Waals surface area contributed by atoms with Gasteiger partial charge in [0, 0.05) is 37.3 Å². The van der Waals surface area contributed by atoms with E-state index in [2.05, 4.69) is 0 Å². The number of methoxy groups -OCH3 is 2. The van der Waals surface area contributed by atoms with Crippen LogP contribution in [0, 0.1) is 10.1 Å². The van der Waals surface area contributed by atoms with Gasteiger partial charge in [-0.3, -0.25) is 14.9 Å². The average molecular weight is 584 g/mol. The highest BCUT2D eigenvalue weighted by Gasteiger charge is 2.34. The van der Waals surface area contributed by atoms with Crippen molar-refractivity contribution in [3.63, 3.8) is 0 Å². The van der Waals surface area contributed by atoms with Gasteiger partial charge < -0.3 is 19.1 Å². The van der Waals surface area contributed by atoms with E-state index in [0.717, 1.165) is 11.1 Å². The fourth-order valence-corrected chi connectivity index (χ4v) is 6.40. The number of carbonyl (C=O) groups is 1. The summed E-state index contributed by atoms with van der Waals surface area (Å²) in [6.07, 6.45) is 0.559. The molecule has 0 radical (unpaired) electrons. The largest absolute Gasteiger partial charge is 0.493 e. The minimum absolute atomic E-state index is 0.0551. The number of hydrogen-bond donors (Lipinski definition) is 0. The normalized spacial score (nSPS) is 14.9. The van der Waals surface area contributed by atoms with Crippen LogP contribution in [0.4, 0.5) is 5.69 Å². The summed E-state index contributed by atoms with van der Waals surface area (Å²) in [6.45, 7) is 4.69. The third-order valence-electron chi connectivity index (χ3n) is 7.16. The molecule has 3 aromatic rings. The molecular weight excluding hydrogens is 550 g/mol. The average Bonchev–Trinajstić information content (AvgIpc) is 2.99. The van der Waals surface area contributed by atoms with Crippen molar-refractivity contribution in [2.45, 2.75) is 31.2 Å². The van der Waals surface area contributed by atoms with Gasteiger partial charge in [-0.1, -0.05) is 13.8 Å². The van der Waals surface area contributed by atoms with E-state index in [0.29, 0.717) is 48.9 Å². The third-order valence-corrected chi connectivity index (χ3v) is 9.23. The number of fused-ring (bicyclic) bond motifs is 1. The zero-order valence-electron chi connectivity index (χ0n) is 23.4. The van der Waals surface area contributed by atoms with Crippen LogP contribution in [0.2, 0.25) is 0 Å². The zero-order valence-corrected chi connectivity index (χ0v) is 24.2. The van der Waals surface area contributed by atoms with Gasteiger partial charge in [-0.25, -0.2) is 8.42 Å². The molecule has 3 aromatic carbocycles. The van der Waals surface area contributed by atoms with Gasteiger partial charge in [-0.15, -0.1) is 0 Å². The first-order valence-corrected chi connectivity index (χ1v) is 14.6. The monoisotopic (exact) mass is 583 g/mol. The van der Waals surface area contributed by atoms with Crippen molar-refractivity contribution in [3.8, 4) is 17.2 Å². The van der Waals surface area contributed by atoms with Gasteiger partial charge in [-0.2, -0.15) is 4.31 Å². The van der Waals surface area contributed by atoms with Crippen LogP contribution in [0.25, 0.3) is 0 Å². The molecule has 1 aliphatic rings. The number of nitro benzene ring substituents is 1. The lowest BCUT2D eigenvalue weighted by Gasteiger charge is -2.37. The van der Waals surface area contributed by atoms with Crippen molar-refractivity contribution < 1.29 is 32.3 Å². The van der Waals surface area contributed by atoms with Crippen LogP contribution in [0.5, 0.6) is 17.2 Å². The molecule has 1 atom stereocenters. The smallest absolute Gasteiger partial charge is 0.269 e. The first-order chi connectivity index (χ1) is 19.6. The lowest BCUT2D eigenvalue weighted by atomic mass is 9.91. The van der Waals surface area contributed by atoms with E-state index in [-0.39, 0.29) is 23.1 Å². The van der Waals surface area contributed by atoms with Gasteiger partial charge in [0.05, 0.1) is 30.1 Å². The van der Waals surface area contributed by atoms with Crippen LogP contribution in [-0.2, 0) is 16.4 Å². The Balaban J connectivity index is 1.66. The molecule has 1 aliphatic heterocycles. The van der Waals surface area contributed by atoms with Crippen molar-refractivity contribution in [2.75, 3.05) is 40.5 Å². The summed E-state index contributed by atoms with van der Waals surface area (Å²) in [5.74, 6) is 1.22. The standard InChI is InChI=1S/C29H33N3O8S/c1-5-30(6-2)41(36,37)24-13-7-20(8-14-24)29(33)31-16-15-21-17-27(38-3)28(39-4)18-25(21)26(31)19-40-23-11-9-22(10-12-23)32(34)35/h7-14,17-18,26H,5-6,15-16,19H2,1-4H3. The Bertz CT molecular complexity index is 1500. The molecule has 1 heterocycles. The Labute approximate surface area is 239 Å². The molecule has 0 spiro atoms. The van der Waals surface area contributed by atoms with Crippen LogP contribution in [0.3, 0.4) is 0 Å². The Morgan fingerprint density at radius 2 is 1.61 bits per heavy atom. The van der Waals surface area contributed by atoms with E-state index < -0.39 is 21.0 Å². The van der Waals surface area contributed by atoms with Gasteiger partial charge in [0.1, 0.15) is 12.4 Å². The second-order valence-electron chi connectivity index (χ2n) is 9.35. The van der Waals surface area contributed by atoms with Crippen molar-refractivity contribution in [3.05, 3.63) is 87.5 Å². The molecule has 0 N–H and O–H groups in total. The molecular formula is C29H33N3O8S. The molecule has 4 rings (SSSR count). The third kappa shape index (κ3) is 6.13. The van der Waals surface area contributed by atoms with Gasteiger partial charge in [0.25, 0.3) is 11.6 Å². The molecule has 218 valence electrons. The number of carbonyl (C=O) groups excluding carboxylic acids is 1. The highest BCUT2D eigenvalue weighted by molar-refractivity contribution is 7.89. The van der Waals surface area contributed by atoms with E-state index in [1.54, 1.807) is 25.9 Å². The van der Waals surface area contributed by atoms with Gasteiger partial charge >= 0.3 is 0 Å². The molecule has 0 fully saturated rings. The minimum Gasteiger partial charge on any atom is -0.493 e. The van der Waals surface area contributed by atoms with Gasteiger partial charge in [-0.05, 0) is 66.1 Å². The number of rotatable bonds is 11. The molecule has 11 nitrogen and oxygen atoms in total. The van der Waals surface area contributed by atoms with Crippen LogP contribution < -0.4 is 14.2 Å². The van der Waals surface area contributed by atoms with E-state index in [1.807, 2.05) is 12.1 Å². The maximum Gasteiger partial charge on any atom is 0.269 e. The summed E-state index contributed by atoms with van der Waals surface area (Å²) >= 11 is 0. The molecule has 0 bridgehead atoms. The quantitative estimate of drug-likeness (QED) is 0.239. The first kappa shape index (κ1) is 29.8. The number of amides is 1. The Kier molecular flexibility index (Phi) is 9.14. The van der Waals surface area contributed by atoms with Crippen LogP contribution >= 0.6 is 0 Å². The number of benzene rings is 3. The predicted molar refractivity (Wildman–Crippen MR) is 152 cm³/mol. The summed E-state index contributed by atoms with van der Waals surface area (Å²) in [7, 11) is -0.569. The molecule has 12 heteroatoms. The van der Waals surface area contributed by atoms with E-state index in [4.69, 9.17) is 14.2 Å². The van der Waals surface area contributed by atoms with Crippen LogP contribution in [0.1, 0.15) is 41.4 Å². The molecule has 0 aromatic heterocycles. The number of hydrogen-bond acceptors (Lipinski definition) is 8. The Hall–Kier alpha value is -4.16. The topological polar surface area (TPSA) is 129 Å². The van der Waals surface area contributed by atoms with Crippen molar-refractivity contribution >= 4 is 21.6 Å². The Morgan fingerprint density at radius 1 is 1.00 bits per heavy atom. The SMILES string of the molecule is CCN(CC)S(=O)(=O)c1ccc(C(=O)N2CCc3cc(OC)c(OC)cc3C2COc2ccc([N+](=O)[O-])cc2)cc1. The van der Waals surface area contributed by atoms with Crippen molar-refractivity contribution in [1.82, 2.24) is 9.21 Å². The van der Waals surface area contributed by atoms with Crippen molar-refractivity contribution in [2.24, 2.45) is 0 Å². The second kappa shape index (κ2) is 12.6. The highest BCUT2D eigenvalue weighted by Crippen LogP contribution is 2.39. The first-order valence-electron chi connectivity index (χ1n) is 13.2. The van der Waals surface area contributed by atoms with Gasteiger partial charge in [0.2, 0.25) is 10.0 Å². The van der Waals surface area contributed by atoms with Crippen LogP contribution in [-0.4, -0.2) is 68.9 Å². The van der Waals surface area contributed by atoms with Crippen molar-refractivity contribution in [1.29, 1.82) is 0 Å². The summed E-state index contributed by atoms with van der Waals surface area (Å²) in [5, 5.41) is 11.0. The highest BCUT2D eigenvalue weighted by atomic mass is 32.2. The fraction of sp³-hybridized carbons (Fsp3) is 0.345. The maximum absolute atomic E-state index is 13.8. The number of ether oxygens (including phenoxy) is 3. The summed E-state index contributed by atoms with van der Waals surface area (Å²) < 4.78 is 44.2. The lowest BCUT2D eigenvalue weighted by molar-refractivity contribution is -0.384. The lowest BCUT2D eigenvalue weighted by Crippen LogP contribution is -2.42. The van der Waals surface area contributed by atoms with E-state index >= 15 is 0 Å². The molecule has 0 saturated heterocycles. The van der Waals surface area contributed by atoms with Gasteiger partial charge in [0.15, 0.2) is 11.5 Å². The second-order valence-corrected chi connectivity index (χ2v) is 11.3. The maximum atomic E-state index is 13.8. The molecule has 0 aliphatic carbocycles. The summed E-state index contributed by atoms with van der Waals surface area (Å²) in [4.78, 5) is 26.2. The van der Waals surface area contributed by atoms with E-state index in [1.165, 1.54) is 59.9 Å². The number of non-ortho nitro benzene ring substituents is 1. The minimum atomic E-state index is -3.66. The molecule has 1 unspecified atom stereocenters. The van der Waals surface area contributed by atoms with Crippen LogP contribution in [0.15, 0.2) is 65.6 Å². The molecule has 41 heavy (non-hydrogen) atoms. The number of nitrogens with zero attached hydrogens (tertiary/aromatic N) is 3. The predicted octanol–water partition coefficient (Wildman–Crippen LogP) is 4.46. The Morgan fingerprint density at radius 3 is 2.17 bits per heavy atom. The number of sulfonamides is 1. The number of nitro groups is 1. The fourth-order valence-electron chi connectivity index (χ4n) is 4.94. The summed E-state index contributed by atoms with van der Waals surface area (Å²) in [6, 6.07) is 14.9. The van der Waals surface area contributed by atoms with E-state index in [9.17, 15) is 23.3 Å². The zero-order chi connectivity index (χ0) is 29.7. The molecule has 1 amide bonds.